The van der Waals surface area contributed by atoms with E-state index in [2.05, 4.69) is 17.0 Å². The van der Waals surface area contributed by atoms with Crippen LogP contribution in [0.4, 0.5) is 0 Å². The fourth-order valence-electron chi connectivity index (χ4n) is 4.05. The summed E-state index contributed by atoms with van der Waals surface area (Å²) >= 11 is 1.66. The molecule has 0 radical (unpaired) electrons. The highest BCUT2D eigenvalue weighted by atomic mass is 32.2. The molecule has 1 saturated heterocycles. The third kappa shape index (κ3) is 5.05. The molecule has 30 heavy (non-hydrogen) atoms. The van der Waals surface area contributed by atoms with Crippen molar-refractivity contribution in [1.82, 2.24) is 4.90 Å². The van der Waals surface area contributed by atoms with Crippen LogP contribution >= 0.6 is 11.8 Å². The number of hydrogen-bond acceptors (Lipinski definition) is 6. The highest BCUT2D eigenvalue weighted by Crippen LogP contribution is 2.49. The topological polar surface area (TPSA) is 40.2 Å². The van der Waals surface area contributed by atoms with Crippen molar-refractivity contribution in [1.29, 1.82) is 0 Å². The molecule has 1 fully saturated rings. The van der Waals surface area contributed by atoms with Crippen LogP contribution in [0.1, 0.15) is 37.4 Å². The predicted molar refractivity (Wildman–Crippen MR) is 120 cm³/mol. The molecule has 0 aliphatic carbocycles. The van der Waals surface area contributed by atoms with E-state index >= 15 is 0 Å². The Kier molecular flexibility index (Phi) is 7.42. The molecule has 0 saturated carbocycles. The summed E-state index contributed by atoms with van der Waals surface area (Å²) in [6.07, 6.45) is 4.90. The smallest absolute Gasteiger partial charge is 0.175 e. The number of para-hydroxylation sites is 1. The minimum atomic E-state index is -0.211. The van der Waals surface area contributed by atoms with Crippen LogP contribution in [0.3, 0.4) is 0 Å². The summed E-state index contributed by atoms with van der Waals surface area (Å²) in [7, 11) is 3.39. The Morgan fingerprint density at radius 1 is 1.03 bits per heavy atom. The maximum atomic E-state index is 6.33. The van der Waals surface area contributed by atoms with Crippen LogP contribution in [0, 0.1) is 0 Å². The Labute approximate surface area is 183 Å². The Balaban J connectivity index is 1.35. The Morgan fingerprint density at radius 2 is 1.83 bits per heavy atom. The van der Waals surface area contributed by atoms with Gasteiger partial charge in [-0.3, -0.25) is 0 Å². The van der Waals surface area contributed by atoms with E-state index < -0.39 is 0 Å². The summed E-state index contributed by atoms with van der Waals surface area (Å²) in [6, 6.07) is 14.1. The van der Waals surface area contributed by atoms with E-state index in [4.69, 9.17) is 18.9 Å². The molecule has 2 aliphatic heterocycles. The minimum Gasteiger partial charge on any atom is -0.494 e. The summed E-state index contributed by atoms with van der Waals surface area (Å²) in [5.41, 5.74) is 0.937. The Hall–Kier alpha value is -1.89. The quantitative estimate of drug-likeness (QED) is 0.541. The molecule has 2 atom stereocenters. The SMILES string of the molecule is COc1cccc2c1O[C@@H](c1ccc(OCCCN3CCCCC3)cc1)C(OC)S2. The first-order valence-corrected chi connectivity index (χ1v) is 11.6. The van der Waals surface area contributed by atoms with Crippen molar-refractivity contribution >= 4 is 11.8 Å². The van der Waals surface area contributed by atoms with E-state index in [-0.39, 0.29) is 11.5 Å². The van der Waals surface area contributed by atoms with E-state index in [9.17, 15) is 0 Å². The summed E-state index contributed by atoms with van der Waals surface area (Å²) < 4.78 is 23.5. The summed E-state index contributed by atoms with van der Waals surface area (Å²) in [5, 5.41) is 0. The molecule has 5 nitrogen and oxygen atoms in total. The molecule has 2 aliphatic rings. The molecule has 0 bridgehead atoms. The lowest BCUT2D eigenvalue weighted by atomic mass is 10.1. The predicted octanol–water partition coefficient (Wildman–Crippen LogP) is 5.15. The second-order valence-corrected chi connectivity index (χ2v) is 8.86. The molecular weight excluding hydrogens is 398 g/mol. The lowest BCUT2D eigenvalue weighted by Gasteiger charge is -2.33. The molecule has 0 amide bonds. The minimum absolute atomic E-state index is 0.124. The number of methoxy groups -OCH3 is 2. The van der Waals surface area contributed by atoms with E-state index in [1.807, 2.05) is 30.3 Å². The molecule has 0 N–H and O–H groups in total. The van der Waals surface area contributed by atoms with Crippen molar-refractivity contribution in [3.8, 4) is 17.2 Å². The first-order valence-electron chi connectivity index (χ1n) is 10.8. The van der Waals surface area contributed by atoms with Crippen molar-refractivity contribution < 1.29 is 18.9 Å². The number of hydrogen-bond donors (Lipinski definition) is 0. The van der Waals surface area contributed by atoms with E-state index in [1.165, 1.54) is 32.4 Å². The lowest BCUT2D eigenvalue weighted by molar-refractivity contribution is 0.0480. The third-order valence-corrected chi connectivity index (χ3v) is 6.92. The first-order chi connectivity index (χ1) is 14.8. The van der Waals surface area contributed by atoms with Crippen LogP contribution in [0.5, 0.6) is 17.2 Å². The standard InChI is InChI=1S/C24H31NO4S/c1-26-20-8-6-9-21-23(20)29-22(24(27-2)30-21)18-10-12-19(13-11-18)28-17-7-16-25-14-4-3-5-15-25/h6,8-13,22,24H,3-5,7,14-17H2,1-2H3/t22-,24?/m0/s1. The highest BCUT2D eigenvalue weighted by Gasteiger charge is 2.34. The zero-order chi connectivity index (χ0) is 20.8. The molecule has 0 aromatic heterocycles. The number of thioether (sulfide) groups is 1. The van der Waals surface area contributed by atoms with Gasteiger partial charge in [-0.05, 0) is 62.2 Å². The molecule has 1 unspecified atom stereocenters. The summed E-state index contributed by atoms with van der Waals surface area (Å²) in [5.74, 6) is 2.42. The molecule has 162 valence electrons. The average molecular weight is 430 g/mol. The molecule has 6 heteroatoms. The molecule has 2 heterocycles. The maximum absolute atomic E-state index is 6.33. The monoisotopic (exact) mass is 429 g/mol. The zero-order valence-electron chi connectivity index (χ0n) is 17.8. The van der Waals surface area contributed by atoms with Gasteiger partial charge in [0.25, 0.3) is 0 Å². The number of rotatable bonds is 8. The van der Waals surface area contributed by atoms with Crippen molar-refractivity contribution in [2.24, 2.45) is 0 Å². The number of piperidine rings is 1. The van der Waals surface area contributed by atoms with Gasteiger partial charge in [0.2, 0.25) is 0 Å². The third-order valence-electron chi connectivity index (χ3n) is 5.67. The van der Waals surface area contributed by atoms with Crippen LogP contribution in [0.2, 0.25) is 0 Å². The van der Waals surface area contributed by atoms with Crippen LogP contribution in [-0.4, -0.2) is 50.8 Å². The van der Waals surface area contributed by atoms with Crippen LogP contribution in [-0.2, 0) is 4.74 Å². The van der Waals surface area contributed by atoms with Crippen LogP contribution in [0.25, 0.3) is 0 Å². The maximum Gasteiger partial charge on any atom is 0.175 e. The number of ether oxygens (including phenoxy) is 4. The number of likely N-dealkylation sites (tertiary alicyclic amines) is 1. The van der Waals surface area contributed by atoms with Crippen molar-refractivity contribution in [2.75, 3.05) is 40.5 Å². The van der Waals surface area contributed by atoms with E-state index in [1.54, 1.807) is 26.0 Å². The van der Waals surface area contributed by atoms with E-state index in [0.29, 0.717) is 0 Å². The van der Waals surface area contributed by atoms with Crippen molar-refractivity contribution in [3.63, 3.8) is 0 Å². The summed E-state index contributed by atoms with van der Waals surface area (Å²) in [4.78, 5) is 3.58. The van der Waals surface area contributed by atoms with Gasteiger partial charge in [0.15, 0.2) is 17.6 Å². The highest BCUT2D eigenvalue weighted by molar-refractivity contribution is 8.00. The molecule has 4 rings (SSSR count). The van der Waals surface area contributed by atoms with Crippen LogP contribution in [0.15, 0.2) is 47.4 Å². The van der Waals surface area contributed by atoms with Gasteiger partial charge in [-0.25, -0.2) is 0 Å². The first kappa shape index (κ1) is 21.3. The average Bonchev–Trinajstić information content (AvgIpc) is 2.81. The Bertz CT molecular complexity index is 807. The van der Waals surface area contributed by atoms with Gasteiger partial charge in [-0.15, -0.1) is 0 Å². The van der Waals surface area contributed by atoms with Crippen LogP contribution < -0.4 is 14.2 Å². The fraction of sp³-hybridized carbons (Fsp3) is 0.500. The second-order valence-electron chi connectivity index (χ2n) is 7.72. The molecular formula is C24H31NO4S. The van der Waals surface area contributed by atoms with Crippen molar-refractivity contribution in [3.05, 3.63) is 48.0 Å². The van der Waals surface area contributed by atoms with Gasteiger partial charge in [0.1, 0.15) is 11.2 Å². The second kappa shape index (κ2) is 10.4. The van der Waals surface area contributed by atoms with E-state index in [0.717, 1.165) is 47.3 Å². The largest absolute Gasteiger partial charge is 0.494 e. The summed E-state index contributed by atoms with van der Waals surface area (Å²) in [6.45, 7) is 4.35. The number of nitrogens with zero attached hydrogens (tertiary/aromatic N) is 1. The lowest BCUT2D eigenvalue weighted by Crippen LogP contribution is -2.31. The molecule has 0 spiro atoms. The molecule has 2 aromatic rings. The fourth-order valence-corrected chi connectivity index (χ4v) is 5.14. The molecule has 2 aromatic carbocycles. The Morgan fingerprint density at radius 3 is 2.57 bits per heavy atom. The van der Waals surface area contributed by atoms with Gasteiger partial charge in [0.05, 0.1) is 18.6 Å². The normalized spacial score (nSPS) is 21.5. The number of benzene rings is 2. The number of fused-ring (bicyclic) bond motifs is 1. The van der Waals surface area contributed by atoms with Gasteiger partial charge in [0, 0.05) is 13.7 Å². The van der Waals surface area contributed by atoms with Gasteiger partial charge in [-0.2, -0.15) is 0 Å². The van der Waals surface area contributed by atoms with Gasteiger partial charge >= 0.3 is 0 Å². The van der Waals surface area contributed by atoms with Gasteiger partial charge in [-0.1, -0.05) is 36.4 Å². The van der Waals surface area contributed by atoms with Gasteiger partial charge < -0.3 is 23.8 Å². The van der Waals surface area contributed by atoms with Crippen molar-refractivity contribution in [2.45, 2.75) is 42.1 Å². The zero-order valence-corrected chi connectivity index (χ0v) is 18.7.